The highest BCUT2D eigenvalue weighted by Gasteiger charge is 2.18. The molecule has 4 nitrogen and oxygen atoms in total. The molecular weight excluding hydrogens is 284 g/mol. The van der Waals surface area contributed by atoms with Gasteiger partial charge in [-0.2, -0.15) is 0 Å². The molecule has 0 atom stereocenters. The lowest BCUT2D eigenvalue weighted by Gasteiger charge is -2.02. The van der Waals surface area contributed by atoms with Crippen molar-refractivity contribution in [1.29, 1.82) is 0 Å². The highest BCUT2D eigenvalue weighted by atomic mass is 32.1. The Bertz CT molecular complexity index is 769. The van der Waals surface area contributed by atoms with Gasteiger partial charge in [0.2, 0.25) is 0 Å². The first-order chi connectivity index (χ1) is 10.3. The van der Waals surface area contributed by atoms with Gasteiger partial charge in [0.05, 0.1) is 12.4 Å². The van der Waals surface area contributed by atoms with Crippen molar-refractivity contribution in [3.05, 3.63) is 70.9 Å². The van der Waals surface area contributed by atoms with E-state index in [-0.39, 0.29) is 5.19 Å². The van der Waals surface area contributed by atoms with E-state index >= 15 is 0 Å². The van der Waals surface area contributed by atoms with Gasteiger partial charge in [0, 0.05) is 6.42 Å². The average molecular weight is 296 g/mol. The van der Waals surface area contributed by atoms with Crippen LogP contribution >= 0.6 is 11.3 Å². The van der Waals surface area contributed by atoms with E-state index < -0.39 is 0 Å². The molecule has 5 heteroatoms. The average Bonchev–Trinajstić information content (AvgIpc) is 2.90. The second-order valence-electron chi connectivity index (χ2n) is 4.57. The number of carbonyl (C=O) groups excluding carboxylic acids is 1. The topological polar surface area (TPSA) is 56.9 Å². The van der Waals surface area contributed by atoms with Gasteiger partial charge in [0.1, 0.15) is 0 Å². The van der Waals surface area contributed by atoms with Crippen molar-refractivity contribution in [1.82, 2.24) is 4.98 Å². The molecule has 0 aliphatic rings. The van der Waals surface area contributed by atoms with Crippen molar-refractivity contribution in [3.8, 4) is 11.0 Å². The normalized spacial score (nSPS) is 10.5. The third-order valence-corrected chi connectivity index (χ3v) is 3.84. The van der Waals surface area contributed by atoms with Gasteiger partial charge in [-0.3, -0.25) is 4.79 Å². The number of rotatable bonds is 4. The first-order valence-corrected chi connectivity index (χ1v) is 7.25. The first kappa shape index (κ1) is 13.5. The van der Waals surface area contributed by atoms with Crippen LogP contribution in [0, 0.1) is 0 Å². The van der Waals surface area contributed by atoms with E-state index in [0.717, 1.165) is 23.3 Å². The number of pyridine rings is 1. The summed E-state index contributed by atoms with van der Waals surface area (Å²) >= 11 is 0.863. The maximum absolute atomic E-state index is 11.4. The monoisotopic (exact) mass is 296 g/mol. The maximum Gasteiger partial charge on any atom is 0.348 e. The van der Waals surface area contributed by atoms with Crippen LogP contribution in [0.2, 0.25) is 0 Å². The molecule has 0 aliphatic carbocycles. The molecule has 1 aromatic carbocycles. The zero-order chi connectivity index (χ0) is 14.7. The Hall–Kier alpha value is -2.53. The number of thiazole rings is 1. The van der Waals surface area contributed by atoms with Crippen LogP contribution in [-0.4, -0.2) is 11.3 Å². The molecule has 0 saturated carbocycles. The SMILES string of the molecule is O=Cc1sc([O-])nc1-[n+]1cccc(Cc2ccccc2)c1. The number of carbonyl (C=O) groups is 1. The van der Waals surface area contributed by atoms with Crippen molar-refractivity contribution in [2.24, 2.45) is 0 Å². The molecule has 0 saturated heterocycles. The number of nitrogens with zero attached hydrogens (tertiary/aromatic N) is 2. The molecule has 0 amide bonds. The molecule has 0 aliphatic heterocycles. The minimum Gasteiger partial charge on any atom is -0.831 e. The fourth-order valence-electron chi connectivity index (χ4n) is 2.16. The summed E-state index contributed by atoms with van der Waals surface area (Å²) in [5.41, 5.74) is 2.29. The quantitative estimate of drug-likeness (QED) is 0.546. The lowest BCUT2D eigenvalue weighted by atomic mass is 10.1. The van der Waals surface area contributed by atoms with Gasteiger partial charge in [0.15, 0.2) is 16.4 Å². The van der Waals surface area contributed by atoms with Gasteiger partial charge in [-0.15, -0.1) is 0 Å². The van der Waals surface area contributed by atoms with Crippen molar-refractivity contribution in [2.75, 3.05) is 0 Å². The standard InChI is InChI=1S/C16H12N2O2S/c19-11-14-15(17-16(20)21-14)18-8-4-7-13(10-18)9-12-5-2-1-3-6-12/h1-8,10-11H,9H2. The largest absolute Gasteiger partial charge is 0.831 e. The van der Waals surface area contributed by atoms with Gasteiger partial charge in [-0.05, 0) is 22.2 Å². The van der Waals surface area contributed by atoms with Crippen LogP contribution in [0.5, 0.6) is 5.19 Å². The predicted octanol–water partition coefficient (Wildman–Crippen LogP) is 1.90. The van der Waals surface area contributed by atoms with Crippen LogP contribution in [0.25, 0.3) is 5.82 Å². The molecule has 21 heavy (non-hydrogen) atoms. The van der Waals surface area contributed by atoms with Crippen LogP contribution < -0.4 is 9.67 Å². The second kappa shape index (κ2) is 5.85. The molecule has 3 rings (SSSR count). The summed E-state index contributed by atoms with van der Waals surface area (Å²) < 4.78 is 1.72. The fraction of sp³-hybridized carbons (Fsp3) is 0.0625. The van der Waals surface area contributed by atoms with Crippen LogP contribution in [-0.2, 0) is 6.42 Å². The minimum atomic E-state index is -0.354. The van der Waals surface area contributed by atoms with Crippen LogP contribution in [0.15, 0.2) is 54.9 Å². The van der Waals surface area contributed by atoms with Crippen molar-refractivity contribution >= 4 is 17.6 Å². The molecule has 0 N–H and O–H groups in total. The Kier molecular flexibility index (Phi) is 3.75. The third-order valence-electron chi connectivity index (χ3n) is 3.08. The van der Waals surface area contributed by atoms with E-state index in [2.05, 4.69) is 17.1 Å². The maximum atomic E-state index is 11.4. The molecule has 0 fully saturated rings. The lowest BCUT2D eigenvalue weighted by molar-refractivity contribution is -0.600. The number of benzene rings is 1. The van der Waals surface area contributed by atoms with Crippen LogP contribution in [0.1, 0.15) is 20.8 Å². The highest BCUT2D eigenvalue weighted by Crippen LogP contribution is 2.19. The van der Waals surface area contributed by atoms with E-state index in [9.17, 15) is 9.90 Å². The summed E-state index contributed by atoms with van der Waals surface area (Å²) in [5.74, 6) is 0.398. The van der Waals surface area contributed by atoms with E-state index in [1.165, 1.54) is 5.56 Å². The second-order valence-corrected chi connectivity index (χ2v) is 5.56. The zero-order valence-corrected chi connectivity index (χ0v) is 11.9. The summed E-state index contributed by atoms with van der Waals surface area (Å²) in [7, 11) is 0. The number of hydrogen-bond donors (Lipinski definition) is 0. The Morgan fingerprint density at radius 1 is 1.14 bits per heavy atom. The Labute approximate surface area is 126 Å². The predicted molar refractivity (Wildman–Crippen MR) is 77.7 cm³/mol. The fourth-order valence-corrected chi connectivity index (χ4v) is 2.77. The van der Waals surface area contributed by atoms with E-state index in [0.29, 0.717) is 17.0 Å². The molecule has 0 bridgehead atoms. The third kappa shape index (κ3) is 2.98. The molecule has 2 heterocycles. The molecular formula is C16H12N2O2S. The summed E-state index contributed by atoms with van der Waals surface area (Å²) in [6, 6.07) is 14.0. The molecule has 104 valence electrons. The Balaban J connectivity index is 1.94. The van der Waals surface area contributed by atoms with Gasteiger partial charge >= 0.3 is 5.82 Å². The van der Waals surface area contributed by atoms with Crippen LogP contribution in [0.4, 0.5) is 0 Å². The Morgan fingerprint density at radius 3 is 2.67 bits per heavy atom. The summed E-state index contributed by atoms with van der Waals surface area (Å²) in [4.78, 5) is 15.3. The first-order valence-electron chi connectivity index (χ1n) is 6.44. The summed E-state index contributed by atoms with van der Waals surface area (Å²) in [6.07, 6.45) is 5.14. The number of hydrogen-bond acceptors (Lipinski definition) is 4. The van der Waals surface area contributed by atoms with Gasteiger partial charge < -0.3 is 5.11 Å². The zero-order valence-electron chi connectivity index (χ0n) is 11.1. The summed E-state index contributed by atoms with van der Waals surface area (Å²) in [5, 5.41) is 11.0. The van der Waals surface area contributed by atoms with Crippen molar-refractivity contribution in [3.63, 3.8) is 0 Å². The molecule has 0 radical (unpaired) electrons. The van der Waals surface area contributed by atoms with Gasteiger partial charge in [0.25, 0.3) is 0 Å². The van der Waals surface area contributed by atoms with Crippen molar-refractivity contribution < 1.29 is 14.5 Å². The Morgan fingerprint density at radius 2 is 1.90 bits per heavy atom. The van der Waals surface area contributed by atoms with Gasteiger partial charge in [-0.1, -0.05) is 47.7 Å². The molecule has 2 aromatic heterocycles. The number of aromatic nitrogens is 2. The molecule has 0 spiro atoms. The van der Waals surface area contributed by atoms with E-state index in [4.69, 9.17) is 0 Å². The molecule has 3 aromatic rings. The highest BCUT2D eigenvalue weighted by molar-refractivity contribution is 7.15. The minimum absolute atomic E-state index is 0.349. The van der Waals surface area contributed by atoms with Crippen LogP contribution in [0.3, 0.4) is 0 Å². The van der Waals surface area contributed by atoms with E-state index in [1.807, 2.05) is 36.5 Å². The van der Waals surface area contributed by atoms with Gasteiger partial charge in [-0.25, -0.2) is 4.57 Å². The van der Waals surface area contributed by atoms with E-state index in [1.54, 1.807) is 10.8 Å². The smallest absolute Gasteiger partial charge is 0.348 e. The molecule has 0 unspecified atom stereocenters. The number of aldehydes is 1. The lowest BCUT2D eigenvalue weighted by Crippen LogP contribution is -2.32. The summed E-state index contributed by atoms with van der Waals surface area (Å²) in [6.45, 7) is 0. The van der Waals surface area contributed by atoms with Crippen molar-refractivity contribution in [2.45, 2.75) is 6.42 Å².